The molecule has 0 radical (unpaired) electrons. The number of amides is 2. The molecule has 1 N–H and O–H groups in total. The average molecular weight is 437 g/mol. The molecule has 168 valence electrons. The third-order valence-corrected chi connectivity index (χ3v) is 7.35. The molecule has 2 heterocycles. The number of methoxy groups -OCH3 is 1. The maximum Gasteiger partial charge on any atom is 0.226 e. The Hall–Kier alpha value is -1.51. The van der Waals surface area contributed by atoms with E-state index in [4.69, 9.17) is 4.74 Å². The zero-order chi connectivity index (χ0) is 21.4. The lowest BCUT2D eigenvalue weighted by Gasteiger charge is -2.43. The first-order valence-corrected chi connectivity index (χ1v) is 12.1. The molecular formula is C22H36N4O3S. The minimum atomic E-state index is -0.217. The van der Waals surface area contributed by atoms with Gasteiger partial charge in [0.25, 0.3) is 0 Å². The molecule has 2 amide bonds. The number of hydrogen-bond acceptors (Lipinski definition) is 6. The summed E-state index contributed by atoms with van der Waals surface area (Å²) in [7, 11) is 1.73. The monoisotopic (exact) mass is 436 g/mol. The second-order valence-electron chi connectivity index (χ2n) is 8.73. The van der Waals surface area contributed by atoms with Gasteiger partial charge in [0, 0.05) is 63.7 Å². The second kappa shape index (κ2) is 11.2. The number of carbonyl (C=O) groups is 2. The molecule has 7 nitrogen and oxygen atoms in total. The van der Waals surface area contributed by atoms with Crippen LogP contribution in [0.15, 0.2) is 11.6 Å². The maximum absolute atomic E-state index is 13.3. The zero-order valence-electron chi connectivity index (χ0n) is 18.4. The lowest BCUT2D eigenvalue weighted by molar-refractivity contribution is -0.138. The van der Waals surface area contributed by atoms with Crippen LogP contribution in [0.4, 0.5) is 5.13 Å². The number of carbonyl (C=O) groups excluding carboxylic acids is 2. The SMILES string of the molecule is CCC1CN(C(=O)CC2(CC(=O)Nc3nccs3)CCCCC2)CCN1CCOC. The number of nitrogens with zero attached hydrogens (tertiary/aromatic N) is 3. The average Bonchev–Trinajstić information content (AvgIpc) is 3.25. The Labute approximate surface area is 184 Å². The van der Waals surface area contributed by atoms with E-state index in [-0.39, 0.29) is 17.2 Å². The van der Waals surface area contributed by atoms with Crippen molar-refractivity contribution >= 4 is 28.3 Å². The van der Waals surface area contributed by atoms with Crippen molar-refractivity contribution in [3.05, 3.63) is 11.6 Å². The molecule has 0 spiro atoms. The Morgan fingerprint density at radius 1 is 1.27 bits per heavy atom. The largest absolute Gasteiger partial charge is 0.383 e. The fraction of sp³-hybridized carbons (Fsp3) is 0.773. The Kier molecular flexibility index (Phi) is 8.65. The van der Waals surface area contributed by atoms with E-state index >= 15 is 0 Å². The van der Waals surface area contributed by atoms with Gasteiger partial charge in [-0.15, -0.1) is 11.3 Å². The van der Waals surface area contributed by atoms with Gasteiger partial charge in [0.05, 0.1) is 6.61 Å². The van der Waals surface area contributed by atoms with E-state index in [1.165, 1.54) is 17.8 Å². The van der Waals surface area contributed by atoms with Gasteiger partial charge in [-0.2, -0.15) is 0 Å². The van der Waals surface area contributed by atoms with Crippen LogP contribution in [0.25, 0.3) is 0 Å². The lowest BCUT2D eigenvalue weighted by Crippen LogP contribution is -2.55. The van der Waals surface area contributed by atoms with Crippen molar-refractivity contribution < 1.29 is 14.3 Å². The van der Waals surface area contributed by atoms with E-state index in [0.717, 1.165) is 64.9 Å². The molecule has 1 atom stereocenters. The van der Waals surface area contributed by atoms with Gasteiger partial charge in [0.2, 0.25) is 11.8 Å². The highest BCUT2D eigenvalue weighted by Crippen LogP contribution is 2.43. The van der Waals surface area contributed by atoms with Crippen molar-refractivity contribution in [3.8, 4) is 0 Å². The van der Waals surface area contributed by atoms with Crippen molar-refractivity contribution in [3.63, 3.8) is 0 Å². The summed E-state index contributed by atoms with van der Waals surface area (Å²) >= 11 is 1.43. The number of ether oxygens (including phenoxy) is 1. The summed E-state index contributed by atoms with van der Waals surface area (Å²) in [5.41, 5.74) is -0.217. The first kappa shape index (κ1) is 23.2. The van der Waals surface area contributed by atoms with E-state index in [1.807, 2.05) is 10.3 Å². The smallest absolute Gasteiger partial charge is 0.226 e. The molecule has 1 aromatic rings. The normalized spacial score (nSPS) is 22.1. The maximum atomic E-state index is 13.3. The summed E-state index contributed by atoms with van der Waals surface area (Å²) < 4.78 is 5.24. The molecule has 1 aliphatic carbocycles. The van der Waals surface area contributed by atoms with Crippen molar-refractivity contribution in [2.75, 3.05) is 45.2 Å². The molecule has 1 aliphatic heterocycles. The summed E-state index contributed by atoms with van der Waals surface area (Å²) in [6.45, 7) is 6.26. The van der Waals surface area contributed by atoms with Crippen LogP contribution in [-0.2, 0) is 14.3 Å². The van der Waals surface area contributed by atoms with Gasteiger partial charge in [-0.05, 0) is 24.7 Å². The molecule has 1 unspecified atom stereocenters. The highest BCUT2D eigenvalue weighted by Gasteiger charge is 2.39. The predicted molar refractivity (Wildman–Crippen MR) is 120 cm³/mol. The Morgan fingerprint density at radius 2 is 2.07 bits per heavy atom. The van der Waals surface area contributed by atoms with Crippen LogP contribution in [0.1, 0.15) is 58.3 Å². The number of rotatable bonds is 9. The van der Waals surface area contributed by atoms with Gasteiger partial charge >= 0.3 is 0 Å². The quantitative estimate of drug-likeness (QED) is 0.642. The van der Waals surface area contributed by atoms with Gasteiger partial charge in [0.15, 0.2) is 5.13 Å². The summed E-state index contributed by atoms with van der Waals surface area (Å²) in [5, 5.41) is 5.40. The van der Waals surface area contributed by atoms with E-state index in [1.54, 1.807) is 13.3 Å². The first-order valence-electron chi connectivity index (χ1n) is 11.3. The van der Waals surface area contributed by atoms with Crippen molar-refractivity contribution in [1.82, 2.24) is 14.8 Å². The number of nitrogens with one attached hydrogen (secondary N) is 1. The van der Waals surface area contributed by atoms with Crippen LogP contribution >= 0.6 is 11.3 Å². The summed E-state index contributed by atoms with van der Waals surface area (Å²) in [5.74, 6) is 0.194. The molecule has 3 rings (SSSR count). The van der Waals surface area contributed by atoms with Crippen LogP contribution in [0.3, 0.4) is 0 Å². The van der Waals surface area contributed by atoms with Crippen LogP contribution in [0.2, 0.25) is 0 Å². The number of piperazine rings is 1. The number of aromatic nitrogens is 1. The fourth-order valence-corrected chi connectivity index (χ4v) is 5.49. The summed E-state index contributed by atoms with van der Waals surface area (Å²) in [6.07, 6.45) is 8.90. The zero-order valence-corrected chi connectivity index (χ0v) is 19.2. The molecule has 0 aromatic carbocycles. The van der Waals surface area contributed by atoms with Crippen molar-refractivity contribution in [1.29, 1.82) is 0 Å². The molecule has 1 saturated carbocycles. The van der Waals surface area contributed by atoms with E-state index in [2.05, 4.69) is 22.1 Å². The second-order valence-corrected chi connectivity index (χ2v) is 9.62. The molecule has 1 saturated heterocycles. The Morgan fingerprint density at radius 3 is 2.73 bits per heavy atom. The number of thiazole rings is 1. The van der Waals surface area contributed by atoms with Gasteiger partial charge < -0.3 is 15.0 Å². The first-order chi connectivity index (χ1) is 14.5. The van der Waals surface area contributed by atoms with Crippen LogP contribution in [0.5, 0.6) is 0 Å². The van der Waals surface area contributed by atoms with Crippen LogP contribution < -0.4 is 5.32 Å². The highest BCUT2D eigenvalue weighted by molar-refractivity contribution is 7.13. The minimum absolute atomic E-state index is 0.0181. The topological polar surface area (TPSA) is 74.8 Å². The third-order valence-electron chi connectivity index (χ3n) is 6.67. The predicted octanol–water partition coefficient (Wildman–Crippen LogP) is 3.38. The molecule has 0 bridgehead atoms. The van der Waals surface area contributed by atoms with Gasteiger partial charge in [-0.25, -0.2) is 4.98 Å². The van der Waals surface area contributed by atoms with Crippen LogP contribution in [0, 0.1) is 5.41 Å². The molecule has 30 heavy (non-hydrogen) atoms. The van der Waals surface area contributed by atoms with Gasteiger partial charge in [-0.1, -0.05) is 26.2 Å². The molecular weight excluding hydrogens is 400 g/mol. The van der Waals surface area contributed by atoms with E-state index in [9.17, 15) is 9.59 Å². The third kappa shape index (κ3) is 6.25. The molecule has 2 fully saturated rings. The molecule has 1 aromatic heterocycles. The van der Waals surface area contributed by atoms with E-state index < -0.39 is 0 Å². The Balaban J connectivity index is 1.60. The van der Waals surface area contributed by atoms with Gasteiger partial charge in [0.1, 0.15) is 0 Å². The van der Waals surface area contributed by atoms with Crippen molar-refractivity contribution in [2.24, 2.45) is 5.41 Å². The Bertz CT molecular complexity index is 676. The minimum Gasteiger partial charge on any atom is -0.383 e. The molecule has 8 heteroatoms. The summed E-state index contributed by atoms with van der Waals surface area (Å²) in [6, 6.07) is 0.383. The van der Waals surface area contributed by atoms with Crippen LogP contribution in [-0.4, -0.2) is 72.5 Å². The fourth-order valence-electron chi connectivity index (χ4n) is 4.95. The van der Waals surface area contributed by atoms with Gasteiger partial charge in [-0.3, -0.25) is 14.5 Å². The number of anilines is 1. The molecule has 2 aliphatic rings. The number of hydrogen-bond donors (Lipinski definition) is 1. The summed E-state index contributed by atoms with van der Waals surface area (Å²) in [4.78, 5) is 34.6. The van der Waals surface area contributed by atoms with E-state index in [0.29, 0.717) is 24.0 Å². The lowest BCUT2D eigenvalue weighted by atomic mass is 9.69. The highest BCUT2D eigenvalue weighted by atomic mass is 32.1. The standard InChI is InChI=1S/C22H36N4O3S/c1-3-18-17-26(11-10-25(18)12-13-29-2)20(28)16-22(7-5-4-6-8-22)15-19(27)24-21-23-9-14-30-21/h9,14,18H,3-8,10-13,15-17H2,1-2H3,(H,23,24,27). The van der Waals surface area contributed by atoms with Crippen molar-refractivity contribution in [2.45, 2.75) is 64.3 Å².